The number of para-hydroxylation sites is 1. The molecule has 22 heavy (non-hydrogen) atoms. The standard InChI is InChI=1S/C17H11N5/c18-10-15(11-19)22-21-14-6-3-5-12(8-14)17-9-13-4-1-2-7-16(13)20-17/h1-9,20-21H. The molecular weight excluding hydrogens is 274 g/mol. The molecule has 5 heteroatoms. The lowest BCUT2D eigenvalue weighted by Gasteiger charge is -2.03. The van der Waals surface area contributed by atoms with Crippen LogP contribution in [0.4, 0.5) is 5.69 Å². The molecule has 0 saturated carbocycles. The van der Waals surface area contributed by atoms with Gasteiger partial charge in [0, 0.05) is 22.2 Å². The van der Waals surface area contributed by atoms with Gasteiger partial charge in [-0.2, -0.15) is 15.6 Å². The number of rotatable bonds is 3. The smallest absolute Gasteiger partial charge is 0.237 e. The Morgan fingerprint density at radius 3 is 2.59 bits per heavy atom. The molecule has 0 aliphatic carbocycles. The first kappa shape index (κ1) is 13.4. The van der Waals surface area contributed by atoms with E-state index in [0.29, 0.717) is 5.69 Å². The van der Waals surface area contributed by atoms with E-state index in [2.05, 4.69) is 21.6 Å². The van der Waals surface area contributed by atoms with Crippen LogP contribution in [-0.4, -0.2) is 10.7 Å². The van der Waals surface area contributed by atoms with E-state index < -0.39 is 0 Å². The zero-order valence-corrected chi connectivity index (χ0v) is 11.5. The normalized spacial score (nSPS) is 9.73. The third-order valence-corrected chi connectivity index (χ3v) is 3.21. The Hall–Kier alpha value is -3.57. The maximum atomic E-state index is 8.67. The van der Waals surface area contributed by atoms with Crippen LogP contribution in [0, 0.1) is 22.7 Å². The monoisotopic (exact) mass is 285 g/mol. The van der Waals surface area contributed by atoms with Gasteiger partial charge in [-0.1, -0.05) is 30.3 Å². The van der Waals surface area contributed by atoms with Gasteiger partial charge in [0.1, 0.15) is 12.1 Å². The number of benzene rings is 2. The summed E-state index contributed by atoms with van der Waals surface area (Å²) in [6.07, 6.45) is 0. The molecule has 0 radical (unpaired) electrons. The molecule has 0 aliphatic heterocycles. The van der Waals surface area contributed by atoms with E-state index in [1.165, 1.54) is 0 Å². The van der Waals surface area contributed by atoms with Crippen LogP contribution in [0.2, 0.25) is 0 Å². The molecular formula is C17H11N5. The predicted molar refractivity (Wildman–Crippen MR) is 86.0 cm³/mol. The van der Waals surface area contributed by atoms with E-state index in [1.54, 1.807) is 12.1 Å². The van der Waals surface area contributed by atoms with Gasteiger partial charge >= 0.3 is 0 Å². The highest BCUT2D eigenvalue weighted by Crippen LogP contribution is 2.25. The maximum Gasteiger partial charge on any atom is 0.237 e. The molecule has 0 bridgehead atoms. The van der Waals surface area contributed by atoms with Crippen molar-refractivity contribution in [1.29, 1.82) is 10.5 Å². The molecule has 104 valence electrons. The summed E-state index contributed by atoms with van der Waals surface area (Å²) in [7, 11) is 0. The average molecular weight is 285 g/mol. The Kier molecular flexibility index (Phi) is 3.55. The number of aromatic amines is 1. The summed E-state index contributed by atoms with van der Waals surface area (Å²) in [6, 6.07) is 21.1. The highest BCUT2D eigenvalue weighted by atomic mass is 15.3. The third kappa shape index (κ3) is 2.65. The van der Waals surface area contributed by atoms with E-state index in [1.807, 2.05) is 48.5 Å². The molecule has 3 aromatic rings. The van der Waals surface area contributed by atoms with Gasteiger partial charge < -0.3 is 4.98 Å². The molecule has 1 aromatic heterocycles. The fourth-order valence-corrected chi connectivity index (χ4v) is 2.18. The van der Waals surface area contributed by atoms with Gasteiger partial charge in [-0.15, -0.1) is 0 Å². The lowest BCUT2D eigenvalue weighted by molar-refractivity contribution is 1.33. The molecule has 0 aliphatic rings. The van der Waals surface area contributed by atoms with Crippen molar-refractivity contribution in [3.05, 3.63) is 54.6 Å². The van der Waals surface area contributed by atoms with E-state index in [-0.39, 0.29) is 5.71 Å². The lowest BCUT2D eigenvalue weighted by atomic mass is 10.1. The highest BCUT2D eigenvalue weighted by Gasteiger charge is 2.04. The number of aromatic nitrogens is 1. The maximum absolute atomic E-state index is 8.67. The van der Waals surface area contributed by atoms with Gasteiger partial charge in [-0.25, -0.2) is 0 Å². The Bertz CT molecular complexity index is 888. The van der Waals surface area contributed by atoms with Crippen molar-refractivity contribution >= 4 is 22.3 Å². The molecule has 1 heterocycles. The van der Waals surface area contributed by atoms with Crippen LogP contribution in [0.1, 0.15) is 0 Å². The zero-order valence-electron chi connectivity index (χ0n) is 11.5. The van der Waals surface area contributed by atoms with Crippen molar-refractivity contribution in [2.24, 2.45) is 5.10 Å². The summed E-state index contributed by atoms with van der Waals surface area (Å²) in [5.41, 5.74) is 6.28. The summed E-state index contributed by atoms with van der Waals surface area (Å²) in [5.74, 6) is 0. The number of nitrogens with zero attached hydrogens (tertiary/aromatic N) is 3. The van der Waals surface area contributed by atoms with Gasteiger partial charge in [0.2, 0.25) is 5.71 Å². The molecule has 0 fully saturated rings. The molecule has 0 spiro atoms. The number of hydrogen-bond donors (Lipinski definition) is 2. The van der Waals surface area contributed by atoms with Gasteiger partial charge in [-0.3, -0.25) is 5.43 Å². The first-order chi connectivity index (χ1) is 10.8. The minimum atomic E-state index is -0.212. The molecule has 0 atom stereocenters. The first-order valence-electron chi connectivity index (χ1n) is 6.62. The van der Waals surface area contributed by atoms with Crippen molar-refractivity contribution in [3.8, 4) is 23.4 Å². The van der Waals surface area contributed by atoms with E-state index in [0.717, 1.165) is 22.2 Å². The van der Waals surface area contributed by atoms with Crippen LogP contribution in [0.3, 0.4) is 0 Å². The number of H-pyrrole nitrogens is 1. The minimum Gasteiger partial charge on any atom is -0.355 e. The molecule has 0 unspecified atom stereocenters. The second-order valence-electron chi connectivity index (χ2n) is 4.65. The second kappa shape index (κ2) is 5.82. The molecule has 0 saturated heterocycles. The fourth-order valence-electron chi connectivity index (χ4n) is 2.18. The predicted octanol–water partition coefficient (Wildman–Crippen LogP) is 3.65. The molecule has 0 amide bonds. The van der Waals surface area contributed by atoms with E-state index in [9.17, 15) is 0 Å². The quantitative estimate of drug-likeness (QED) is 0.568. The first-order valence-corrected chi connectivity index (χ1v) is 6.62. The van der Waals surface area contributed by atoms with Crippen LogP contribution in [0.5, 0.6) is 0 Å². The van der Waals surface area contributed by atoms with Crippen molar-refractivity contribution in [1.82, 2.24) is 4.98 Å². The van der Waals surface area contributed by atoms with E-state index >= 15 is 0 Å². The van der Waals surface area contributed by atoms with Crippen LogP contribution < -0.4 is 5.43 Å². The Labute approximate surface area is 127 Å². The summed E-state index contributed by atoms with van der Waals surface area (Å²) in [5, 5.41) is 22.2. The van der Waals surface area contributed by atoms with Crippen molar-refractivity contribution in [3.63, 3.8) is 0 Å². The Morgan fingerprint density at radius 2 is 1.82 bits per heavy atom. The van der Waals surface area contributed by atoms with E-state index in [4.69, 9.17) is 10.5 Å². The summed E-state index contributed by atoms with van der Waals surface area (Å²) in [4.78, 5) is 3.36. The highest BCUT2D eigenvalue weighted by molar-refractivity contribution is 6.10. The molecule has 3 rings (SSSR count). The van der Waals surface area contributed by atoms with Crippen LogP contribution in [-0.2, 0) is 0 Å². The second-order valence-corrected chi connectivity index (χ2v) is 4.65. The van der Waals surface area contributed by atoms with Gasteiger partial charge in [0.25, 0.3) is 0 Å². The largest absolute Gasteiger partial charge is 0.355 e. The summed E-state index contributed by atoms with van der Waals surface area (Å²) < 4.78 is 0. The number of nitriles is 2. The van der Waals surface area contributed by atoms with Crippen LogP contribution in [0.15, 0.2) is 59.7 Å². The fraction of sp³-hybridized carbons (Fsp3) is 0. The number of hydrogen-bond acceptors (Lipinski definition) is 4. The van der Waals surface area contributed by atoms with Crippen molar-refractivity contribution in [2.45, 2.75) is 0 Å². The van der Waals surface area contributed by atoms with Crippen molar-refractivity contribution in [2.75, 3.05) is 5.43 Å². The lowest BCUT2D eigenvalue weighted by Crippen LogP contribution is -1.96. The number of fused-ring (bicyclic) bond motifs is 1. The average Bonchev–Trinajstić information content (AvgIpc) is 3.00. The molecule has 5 nitrogen and oxygen atoms in total. The summed E-state index contributed by atoms with van der Waals surface area (Å²) >= 11 is 0. The molecule has 2 N–H and O–H groups in total. The number of nitrogens with one attached hydrogen (secondary N) is 2. The number of hydrazone groups is 1. The van der Waals surface area contributed by atoms with Crippen LogP contribution >= 0.6 is 0 Å². The Morgan fingerprint density at radius 1 is 1.00 bits per heavy atom. The SMILES string of the molecule is N#CC(C#N)=NNc1cccc(-c2cc3ccccc3[nH]2)c1. The minimum absolute atomic E-state index is 0.212. The van der Waals surface area contributed by atoms with Gasteiger partial charge in [0.05, 0.1) is 5.69 Å². The third-order valence-electron chi connectivity index (χ3n) is 3.21. The summed E-state index contributed by atoms with van der Waals surface area (Å²) in [6.45, 7) is 0. The number of anilines is 1. The van der Waals surface area contributed by atoms with Gasteiger partial charge in [0.15, 0.2) is 0 Å². The van der Waals surface area contributed by atoms with Crippen molar-refractivity contribution < 1.29 is 0 Å². The topological polar surface area (TPSA) is 87.8 Å². The Balaban J connectivity index is 1.93. The van der Waals surface area contributed by atoms with Gasteiger partial charge in [-0.05, 0) is 24.3 Å². The zero-order chi connectivity index (χ0) is 15.4. The van der Waals surface area contributed by atoms with Crippen LogP contribution in [0.25, 0.3) is 22.2 Å². The molecule has 2 aromatic carbocycles.